The number of methoxy groups -OCH3 is 1. The number of nitrogens with zero attached hydrogens (tertiary/aromatic N) is 3. The molecule has 2 aromatic rings. The van der Waals surface area contributed by atoms with Gasteiger partial charge in [-0.05, 0) is 24.1 Å². The van der Waals surface area contributed by atoms with Crippen LogP contribution in [0.15, 0.2) is 30.6 Å². The Kier molecular flexibility index (Phi) is 4.70. The van der Waals surface area contributed by atoms with Crippen LogP contribution in [0.5, 0.6) is 5.75 Å². The van der Waals surface area contributed by atoms with Crippen LogP contribution in [-0.2, 0) is 17.8 Å². The summed E-state index contributed by atoms with van der Waals surface area (Å²) in [4.78, 5) is 17.6. The first-order valence-corrected chi connectivity index (χ1v) is 6.40. The molecule has 6 heteroatoms. The van der Waals surface area contributed by atoms with Crippen LogP contribution >= 0.6 is 0 Å². The average molecular weight is 274 g/mol. The van der Waals surface area contributed by atoms with E-state index in [4.69, 9.17) is 4.74 Å². The Morgan fingerprint density at radius 2 is 2.10 bits per heavy atom. The molecule has 0 radical (unpaired) electrons. The van der Waals surface area contributed by atoms with E-state index < -0.39 is 0 Å². The minimum Gasteiger partial charge on any atom is -0.497 e. The van der Waals surface area contributed by atoms with Gasteiger partial charge in [0.1, 0.15) is 17.9 Å². The number of rotatable bonds is 6. The van der Waals surface area contributed by atoms with Crippen molar-refractivity contribution >= 4 is 5.91 Å². The number of carbonyl (C=O) groups excluding carboxylic acids is 1. The first-order valence-electron chi connectivity index (χ1n) is 6.40. The lowest BCUT2D eigenvalue weighted by Gasteiger charge is -2.15. The molecule has 0 aliphatic rings. The molecule has 0 saturated heterocycles. The summed E-state index contributed by atoms with van der Waals surface area (Å²) in [6.07, 6.45) is 2.62. The molecule has 0 spiro atoms. The molecule has 0 unspecified atom stereocenters. The van der Waals surface area contributed by atoms with E-state index in [2.05, 4.69) is 15.2 Å². The molecule has 2 rings (SSSR count). The quantitative estimate of drug-likeness (QED) is 0.864. The van der Waals surface area contributed by atoms with E-state index in [0.29, 0.717) is 25.2 Å². The predicted octanol–water partition coefficient (Wildman–Crippen LogP) is 1.40. The van der Waals surface area contributed by atoms with Crippen LogP contribution in [0.2, 0.25) is 0 Å². The summed E-state index contributed by atoms with van der Waals surface area (Å²) in [6, 6.07) is 7.75. The molecule has 20 heavy (non-hydrogen) atoms. The van der Waals surface area contributed by atoms with Gasteiger partial charge in [-0.3, -0.25) is 9.89 Å². The Balaban J connectivity index is 1.81. The fourth-order valence-electron chi connectivity index (χ4n) is 1.85. The Bertz CT molecular complexity index is 537. The second-order valence-electron chi connectivity index (χ2n) is 4.53. The molecule has 1 N–H and O–H groups in total. The molecule has 0 saturated carbocycles. The molecule has 0 aliphatic carbocycles. The van der Waals surface area contributed by atoms with Crippen molar-refractivity contribution in [2.24, 2.45) is 0 Å². The van der Waals surface area contributed by atoms with Crippen LogP contribution < -0.4 is 4.74 Å². The number of benzene rings is 1. The highest BCUT2D eigenvalue weighted by Gasteiger charge is 2.10. The number of amides is 1. The number of aryl methyl sites for hydroxylation is 1. The number of aromatic nitrogens is 3. The van der Waals surface area contributed by atoms with Gasteiger partial charge >= 0.3 is 0 Å². The second-order valence-corrected chi connectivity index (χ2v) is 4.53. The second kappa shape index (κ2) is 6.70. The van der Waals surface area contributed by atoms with Gasteiger partial charge in [0.05, 0.1) is 13.7 Å². The maximum atomic E-state index is 12.0. The van der Waals surface area contributed by atoms with Gasteiger partial charge in [0.25, 0.3) is 0 Å². The number of hydrogen-bond donors (Lipinski definition) is 1. The van der Waals surface area contributed by atoms with Crippen LogP contribution in [0.25, 0.3) is 0 Å². The first-order chi connectivity index (χ1) is 9.69. The zero-order valence-corrected chi connectivity index (χ0v) is 11.7. The molecule has 1 aromatic heterocycles. The summed E-state index contributed by atoms with van der Waals surface area (Å²) in [6.45, 7) is 0.446. The average Bonchev–Trinajstić information content (AvgIpc) is 2.98. The van der Waals surface area contributed by atoms with Gasteiger partial charge in [0.2, 0.25) is 5.91 Å². The topological polar surface area (TPSA) is 71.1 Å². The van der Waals surface area contributed by atoms with E-state index in [0.717, 1.165) is 11.3 Å². The van der Waals surface area contributed by atoms with Gasteiger partial charge < -0.3 is 9.64 Å². The van der Waals surface area contributed by atoms with Gasteiger partial charge in [0, 0.05) is 13.5 Å². The van der Waals surface area contributed by atoms with Gasteiger partial charge in [-0.2, -0.15) is 5.10 Å². The van der Waals surface area contributed by atoms with Crippen molar-refractivity contribution in [3.63, 3.8) is 0 Å². The lowest BCUT2D eigenvalue weighted by Crippen LogP contribution is -2.26. The highest BCUT2D eigenvalue weighted by molar-refractivity contribution is 5.76. The van der Waals surface area contributed by atoms with E-state index in [-0.39, 0.29) is 5.91 Å². The molecule has 0 bridgehead atoms. The summed E-state index contributed by atoms with van der Waals surface area (Å²) < 4.78 is 5.10. The lowest BCUT2D eigenvalue weighted by molar-refractivity contribution is -0.130. The van der Waals surface area contributed by atoms with E-state index in [1.807, 2.05) is 24.3 Å². The third kappa shape index (κ3) is 3.81. The maximum absolute atomic E-state index is 12.0. The lowest BCUT2D eigenvalue weighted by atomic mass is 10.1. The molecule has 0 fully saturated rings. The number of ether oxygens (including phenoxy) is 1. The number of nitrogens with one attached hydrogen (secondary N) is 1. The summed E-state index contributed by atoms with van der Waals surface area (Å²) in [5.74, 6) is 1.59. The Morgan fingerprint density at radius 1 is 1.35 bits per heavy atom. The number of H-pyrrole nitrogens is 1. The fraction of sp³-hybridized carbons (Fsp3) is 0.357. The Morgan fingerprint density at radius 3 is 2.70 bits per heavy atom. The van der Waals surface area contributed by atoms with E-state index in [1.54, 1.807) is 19.1 Å². The first kappa shape index (κ1) is 14.0. The molecule has 1 amide bonds. The van der Waals surface area contributed by atoms with Gasteiger partial charge in [0.15, 0.2) is 0 Å². The van der Waals surface area contributed by atoms with Crippen molar-refractivity contribution in [3.05, 3.63) is 42.0 Å². The van der Waals surface area contributed by atoms with Gasteiger partial charge in [-0.25, -0.2) is 4.98 Å². The molecule has 0 atom stereocenters. The molecular weight excluding hydrogens is 256 g/mol. The van der Waals surface area contributed by atoms with Crippen molar-refractivity contribution in [2.75, 3.05) is 14.2 Å². The Hall–Kier alpha value is -2.37. The van der Waals surface area contributed by atoms with Gasteiger partial charge in [-0.1, -0.05) is 12.1 Å². The summed E-state index contributed by atoms with van der Waals surface area (Å²) in [7, 11) is 3.40. The molecule has 1 aromatic carbocycles. The normalized spacial score (nSPS) is 10.3. The third-order valence-electron chi connectivity index (χ3n) is 3.06. The van der Waals surface area contributed by atoms with Crippen molar-refractivity contribution in [2.45, 2.75) is 19.4 Å². The van der Waals surface area contributed by atoms with Crippen LogP contribution in [0.3, 0.4) is 0 Å². The van der Waals surface area contributed by atoms with Crippen molar-refractivity contribution < 1.29 is 9.53 Å². The standard InChI is InChI=1S/C14H18N4O2/c1-18(9-13-15-10-16-17-13)14(19)8-5-11-3-6-12(20-2)7-4-11/h3-4,6-7,10H,5,8-9H2,1-2H3,(H,15,16,17). The highest BCUT2D eigenvalue weighted by atomic mass is 16.5. The Labute approximate surface area is 117 Å². The highest BCUT2D eigenvalue weighted by Crippen LogP contribution is 2.13. The number of carbonyl (C=O) groups is 1. The minimum absolute atomic E-state index is 0.0808. The number of hydrogen-bond acceptors (Lipinski definition) is 4. The van der Waals surface area contributed by atoms with Crippen LogP contribution in [-0.4, -0.2) is 40.1 Å². The van der Waals surface area contributed by atoms with Crippen molar-refractivity contribution in [1.29, 1.82) is 0 Å². The largest absolute Gasteiger partial charge is 0.497 e. The SMILES string of the molecule is COc1ccc(CCC(=O)N(C)Cc2ncn[nH]2)cc1. The zero-order valence-electron chi connectivity index (χ0n) is 11.7. The summed E-state index contributed by atoms with van der Waals surface area (Å²) in [5.41, 5.74) is 1.12. The van der Waals surface area contributed by atoms with Crippen molar-refractivity contribution in [3.8, 4) is 5.75 Å². The van der Waals surface area contributed by atoms with Gasteiger partial charge in [-0.15, -0.1) is 0 Å². The van der Waals surface area contributed by atoms with Crippen LogP contribution in [0.1, 0.15) is 17.8 Å². The van der Waals surface area contributed by atoms with E-state index in [1.165, 1.54) is 6.33 Å². The van der Waals surface area contributed by atoms with Crippen molar-refractivity contribution in [1.82, 2.24) is 20.1 Å². The minimum atomic E-state index is 0.0808. The molecule has 106 valence electrons. The predicted molar refractivity (Wildman–Crippen MR) is 74.2 cm³/mol. The zero-order chi connectivity index (χ0) is 14.4. The fourth-order valence-corrected chi connectivity index (χ4v) is 1.85. The number of aromatic amines is 1. The summed E-state index contributed by atoms with van der Waals surface area (Å²) >= 11 is 0. The molecule has 0 aliphatic heterocycles. The van der Waals surface area contributed by atoms with E-state index >= 15 is 0 Å². The smallest absolute Gasteiger partial charge is 0.223 e. The van der Waals surface area contributed by atoms with Crippen LogP contribution in [0, 0.1) is 0 Å². The third-order valence-corrected chi connectivity index (χ3v) is 3.06. The molecule has 1 heterocycles. The van der Waals surface area contributed by atoms with Crippen LogP contribution in [0.4, 0.5) is 0 Å². The van der Waals surface area contributed by atoms with E-state index in [9.17, 15) is 4.79 Å². The maximum Gasteiger partial charge on any atom is 0.223 e. The molecule has 6 nitrogen and oxygen atoms in total. The molecular formula is C14H18N4O2. The summed E-state index contributed by atoms with van der Waals surface area (Å²) in [5, 5.41) is 6.50. The monoisotopic (exact) mass is 274 g/mol.